The van der Waals surface area contributed by atoms with Crippen molar-refractivity contribution in [2.45, 2.75) is 0 Å². The zero-order valence-electron chi connectivity index (χ0n) is 8.98. The molecule has 1 heterocycles. The minimum Gasteiger partial charge on any atom is -0.398 e. The lowest BCUT2D eigenvalue weighted by Gasteiger charge is -2.02. The van der Waals surface area contributed by atoms with Crippen LogP contribution in [0.25, 0.3) is 20.5 Å². The number of fused-ring (bicyclic) bond motifs is 1. The monoisotopic (exact) mass is 243 g/mol. The van der Waals surface area contributed by atoms with Gasteiger partial charge in [0.15, 0.2) is 0 Å². The van der Waals surface area contributed by atoms with Crippen molar-refractivity contribution in [3.05, 3.63) is 54.3 Å². The third-order valence-electron chi connectivity index (χ3n) is 2.71. The van der Waals surface area contributed by atoms with E-state index in [1.807, 2.05) is 24.3 Å². The lowest BCUT2D eigenvalue weighted by molar-refractivity contribution is 0.628. The maximum atomic E-state index is 13.2. The van der Waals surface area contributed by atoms with Gasteiger partial charge in [-0.25, -0.2) is 4.39 Å². The highest BCUT2D eigenvalue weighted by molar-refractivity contribution is 7.22. The van der Waals surface area contributed by atoms with E-state index in [1.54, 1.807) is 17.4 Å². The second-order valence-electron chi connectivity index (χ2n) is 3.88. The number of nitrogens with two attached hydrogens (primary N) is 1. The first kappa shape index (κ1) is 10.3. The molecular weight excluding hydrogens is 233 g/mol. The molecule has 1 nitrogen and oxygen atoms in total. The van der Waals surface area contributed by atoms with Crippen LogP contribution in [0.4, 0.5) is 10.1 Å². The largest absolute Gasteiger partial charge is 0.398 e. The van der Waals surface area contributed by atoms with E-state index < -0.39 is 0 Å². The van der Waals surface area contributed by atoms with E-state index in [2.05, 4.69) is 6.07 Å². The third kappa shape index (κ3) is 1.78. The summed E-state index contributed by atoms with van der Waals surface area (Å²) < 4.78 is 14.4. The average Bonchev–Trinajstić information content (AvgIpc) is 2.75. The molecule has 3 heteroatoms. The third-order valence-corrected chi connectivity index (χ3v) is 3.86. The zero-order valence-corrected chi connectivity index (χ0v) is 9.80. The van der Waals surface area contributed by atoms with Gasteiger partial charge in [0.2, 0.25) is 0 Å². The fourth-order valence-electron chi connectivity index (χ4n) is 1.86. The summed E-state index contributed by atoms with van der Waals surface area (Å²) in [6.45, 7) is 0. The summed E-state index contributed by atoms with van der Waals surface area (Å²) in [6.07, 6.45) is 0. The molecule has 0 fully saturated rings. The van der Waals surface area contributed by atoms with Crippen LogP contribution in [0.2, 0.25) is 0 Å². The normalized spacial score (nSPS) is 10.9. The van der Waals surface area contributed by atoms with Gasteiger partial charge in [-0.3, -0.25) is 0 Å². The van der Waals surface area contributed by atoms with E-state index in [-0.39, 0.29) is 5.82 Å². The summed E-state index contributed by atoms with van der Waals surface area (Å²) in [4.78, 5) is 1.00. The van der Waals surface area contributed by atoms with Gasteiger partial charge in [-0.15, -0.1) is 11.3 Å². The fraction of sp³-hybridized carbons (Fsp3) is 0. The van der Waals surface area contributed by atoms with Crippen molar-refractivity contribution in [1.82, 2.24) is 0 Å². The molecular formula is C14H10FNS. The molecule has 3 aromatic rings. The Kier molecular flexibility index (Phi) is 2.34. The van der Waals surface area contributed by atoms with Crippen molar-refractivity contribution in [2.24, 2.45) is 0 Å². The van der Waals surface area contributed by atoms with Gasteiger partial charge in [0.25, 0.3) is 0 Å². The molecule has 0 aliphatic heterocycles. The molecule has 17 heavy (non-hydrogen) atoms. The van der Waals surface area contributed by atoms with Crippen LogP contribution in [-0.2, 0) is 0 Å². The summed E-state index contributed by atoms with van der Waals surface area (Å²) in [5, 5.41) is 1.16. The fourth-order valence-corrected chi connectivity index (χ4v) is 2.96. The molecule has 0 aliphatic rings. The second kappa shape index (κ2) is 3.86. The minimum atomic E-state index is -0.258. The van der Waals surface area contributed by atoms with Crippen molar-refractivity contribution >= 4 is 27.1 Å². The Morgan fingerprint density at radius 3 is 2.65 bits per heavy atom. The molecule has 0 aliphatic carbocycles. The Morgan fingerprint density at radius 2 is 1.82 bits per heavy atom. The Bertz CT molecular complexity index is 655. The van der Waals surface area contributed by atoms with E-state index in [4.69, 9.17) is 5.73 Å². The molecule has 84 valence electrons. The molecule has 2 N–H and O–H groups in total. The average molecular weight is 243 g/mol. The number of rotatable bonds is 1. The van der Waals surface area contributed by atoms with Crippen molar-refractivity contribution < 1.29 is 4.39 Å². The van der Waals surface area contributed by atoms with Crippen molar-refractivity contribution in [2.75, 3.05) is 5.73 Å². The summed E-state index contributed by atoms with van der Waals surface area (Å²) in [5.41, 5.74) is 7.26. The van der Waals surface area contributed by atoms with Crippen LogP contribution < -0.4 is 5.73 Å². The standard InChI is InChI=1S/C14H10FNS/c15-10-5-6-12(16)11(8-10)14-7-9-3-1-2-4-13(9)17-14/h1-8H,16H2. The van der Waals surface area contributed by atoms with E-state index in [0.29, 0.717) is 5.69 Å². The topological polar surface area (TPSA) is 26.0 Å². The summed E-state index contributed by atoms with van der Waals surface area (Å²) in [7, 11) is 0. The van der Waals surface area contributed by atoms with Crippen LogP contribution in [-0.4, -0.2) is 0 Å². The maximum absolute atomic E-state index is 13.2. The van der Waals surface area contributed by atoms with Crippen LogP contribution in [0.15, 0.2) is 48.5 Å². The van der Waals surface area contributed by atoms with Crippen molar-refractivity contribution in [3.8, 4) is 10.4 Å². The molecule has 2 aromatic carbocycles. The number of hydrogen-bond donors (Lipinski definition) is 1. The van der Waals surface area contributed by atoms with Crippen molar-refractivity contribution in [1.29, 1.82) is 0 Å². The van der Waals surface area contributed by atoms with Gasteiger partial charge in [0.1, 0.15) is 5.82 Å². The van der Waals surface area contributed by atoms with Gasteiger partial charge in [-0.1, -0.05) is 18.2 Å². The SMILES string of the molecule is Nc1ccc(F)cc1-c1cc2ccccc2s1. The Hall–Kier alpha value is -1.87. The van der Waals surface area contributed by atoms with Gasteiger partial charge in [0, 0.05) is 20.8 Å². The van der Waals surface area contributed by atoms with Gasteiger partial charge in [0.05, 0.1) is 0 Å². The lowest BCUT2D eigenvalue weighted by Crippen LogP contribution is -1.89. The van der Waals surface area contributed by atoms with E-state index in [9.17, 15) is 4.39 Å². The first-order chi connectivity index (χ1) is 8.24. The van der Waals surface area contributed by atoms with Gasteiger partial charge >= 0.3 is 0 Å². The Balaban J connectivity index is 2.23. The molecule has 0 unspecified atom stereocenters. The van der Waals surface area contributed by atoms with Gasteiger partial charge < -0.3 is 5.73 Å². The lowest BCUT2D eigenvalue weighted by atomic mass is 10.1. The molecule has 0 atom stereocenters. The maximum Gasteiger partial charge on any atom is 0.124 e. The summed E-state index contributed by atoms with van der Waals surface area (Å²) >= 11 is 1.63. The highest BCUT2D eigenvalue weighted by atomic mass is 32.1. The first-order valence-corrected chi connectivity index (χ1v) is 6.10. The molecule has 0 radical (unpaired) electrons. The Morgan fingerprint density at radius 1 is 1.00 bits per heavy atom. The van der Waals surface area contributed by atoms with Crippen LogP contribution >= 0.6 is 11.3 Å². The number of hydrogen-bond acceptors (Lipinski definition) is 2. The summed E-state index contributed by atoms with van der Waals surface area (Å²) in [6, 6.07) is 14.6. The van der Waals surface area contributed by atoms with Crippen LogP contribution in [0, 0.1) is 5.82 Å². The van der Waals surface area contributed by atoms with E-state index in [1.165, 1.54) is 16.8 Å². The molecule has 0 spiro atoms. The highest BCUT2D eigenvalue weighted by Gasteiger charge is 2.08. The second-order valence-corrected chi connectivity index (χ2v) is 4.96. The number of halogens is 1. The van der Waals surface area contributed by atoms with Crippen LogP contribution in [0.3, 0.4) is 0 Å². The van der Waals surface area contributed by atoms with E-state index >= 15 is 0 Å². The predicted molar refractivity (Wildman–Crippen MR) is 71.6 cm³/mol. The molecule has 3 rings (SSSR count). The number of anilines is 1. The van der Waals surface area contributed by atoms with Gasteiger partial charge in [-0.2, -0.15) is 0 Å². The van der Waals surface area contributed by atoms with Crippen LogP contribution in [0.1, 0.15) is 0 Å². The minimum absolute atomic E-state index is 0.258. The number of benzene rings is 2. The zero-order chi connectivity index (χ0) is 11.8. The first-order valence-electron chi connectivity index (χ1n) is 5.28. The van der Waals surface area contributed by atoms with Crippen molar-refractivity contribution in [3.63, 3.8) is 0 Å². The number of thiophene rings is 1. The molecule has 0 saturated carbocycles. The molecule has 0 amide bonds. The number of nitrogen functional groups attached to an aromatic ring is 1. The molecule has 1 aromatic heterocycles. The van der Waals surface area contributed by atoms with E-state index in [0.717, 1.165) is 15.8 Å². The Labute approximate surface area is 102 Å². The van der Waals surface area contributed by atoms with Crippen LogP contribution in [0.5, 0.6) is 0 Å². The smallest absolute Gasteiger partial charge is 0.124 e. The molecule has 0 bridgehead atoms. The summed E-state index contributed by atoms with van der Waals surface area (Å²) in [5.74, 6) is -0.258. The predicted octanol–water partition coefficient (Wildman–Crippen LogP) is 4.29. The van der Waals surface area contributed by atoms with Gasteiger partial charge in [-0.05, 0) is 35.7 Å². The highest BCUT2D eigenvalue weighted by Crippen LogP contribution is 2.36. The molecule has 0 saturated heterocycles. The quantitative estimate of drug-likeness (QED) is 0.634.